The maximum atomic E-state index is 13.4. The van der Waals surface area contributed by atoms with E-state index in [1.165, 1.54) is 18.2 Å². The van der Waals surface area contributed by atoms with Crippen LogP contribution in [0.4, 0.5) is 4.39 Å². The van der Waals surface area contributed by atoms with E-state index in [2.05, 4.69) is 0 Å². The molecule has 3 rings (SSSR count). The topological polar surface area (TPSA) is 53.6 Å². The molecule has 0 saturated heterocycles. The summed E-state index contributed by atoms with van der Waals surface area (Å²) in [4.78, 5) is 0. The number of fused-ring (bicyclic) bond motifs is 1. The highest BCUT2D eigenvalue weighted by atomic mass is 19.1. The van der Waals surface area contributed by atoms with E-state index in [1.54, 1.807) is 18.2 Å². The minimum absolute atomic E-state index is 0.0992. The highest BCUT2D eigenvalue weighted by Gasteiger charge is 2.12. The second-order valence-corrected chi connectivity index (χ2v) is 4.50. The van der Waals surface area contributed by atoms with Crippen LogP contribution in [0.25, 0.3) is 22.3 Å². The van der Waals surface area contributed by atoms with Gasteiger partial charge in [0.1, 0.15) is 17.1 Å². The molecule has 0 spiro atoms. The highest BCUT2D eigenvalue weighted by Crippen LogP contribution is 2.33. The second-order valence-electron chi connectivity index (χ2n) is 4.50. The average molecular weight is 268 g/mol. The van der Waals surface area contributed by atoms with Crippen molar-refractivity contribution >= 4 is 18.8 Å². The Bertz CT molecular complexity index is 795. The summed E-state index contributed by atoms with van der Waals surface area (Å²) in [7, 11) is 5.61. The fourth-order valence-corrected chi connectivity index (χ4v) is 2.16. The lowest BCUT2D eigenvalue weighted by Gasteiger charge is -2.00. The van der Waals surface area contributed by atoms with Gasteiger partial charge in [0.25, 0.3) is 0 Å². The molecular weight excluding hydrogens is 258 g/mol. The number of hydrogen-bond donors (Lipinski definition) is 2. The van der Waals surface area contributed by atoms with Gasteiger partial charge in [-0.15, -0.1) is 0 Å². The summed E-state index contributed by atoms with van der Waals surface area (Å²) in [6.45, 7) is 0. The zero-order chi connectivity index (χ0) is 14.3. The van der Waals surface area contributed by atoms with E-state index in [9.17, 15) is 14.6 Å². The molecule has 2 radical (unpaired) electrons. The maximum absolute atomic E-state index is 13.4. The van der Waals surface area contributed by atoms with Crippen LogP contribution in [-0.2, 0) is 6.32 Å². The summed E-state index contributed by atoms with van der Waals surface area (Å²) < 4.78 is 19.1. The van der Waals surface area contributed by atoms with Crippen LogP contribution in [0.1, 0.15) is 5.56 Å². The number of benzene rings is 2. The Balaban J connectivity index is 2.19. The molecule has 0 aliphatic rings. The predicted molar refractivity (Wildman–Crippen MR) is 74.4 cm³/mol. The lowest BCUT2D eigenvalue weighted by Crippen LogP contribution is -1.83. The Hall–Kier alpha value is -2.43. The van der Waals surface area contributed by atoms with Gasteiger partial charge in [-0.2, -0.15) is 0 Å². The van der Waals surface area contributed by atoms with Crippen LogP contribution in [-0.4, -0.2) is 18.1 Å². The lowest BCUT2D eigenvalue weighted by atomic mass is 9.95. The molecule has 2 aromatic carbocycles. The van der Waals surface area contributed by atoms with E-state index in [1.807, 2.05) is 0 Å². The van der Waals surface area contributed by atoms with Gasteiger partial charge in [-0.05, 0) is 42.0 Å². The number of hydrogen-bond acceptors (Lipinski definition) is 3. The van der Waals surface area contributed by atoms with E-state index in [0.29, 0.717) is 27.9 Å². The van der Waals surface area contributed by atoms with Gasteiger partial charge in [-0.1, -0.05) is 6.32 Å². The number of rotatable bonds is 2. The fraction of sp³-hybridized carbons (Fsp3) is 0.0667. The number of furan rings is 1. The molecule has 5 heteroatoms. The van der Waals surface area contributed by atoms with Crippen molar-refractivity contribution in [1.29, 1.82) is 0 Å². The Labute approximate surface area is 115 Å². The Morgan fingerprint density at radius 1 is 1.10 bits per heavy atom. The largest absolute Gasteiger partial charge is 0.508 e. The molecular formula is C15H10BFO3. The van der Waals surface area contributed by atoms with E-state index in [4.69, 9.17) is 12.3 Å². The van der Waals surface area contributed by atoms with Crippen LogP contribution in [0.2, 0.25) is 0 Å². The molecule has 98 valence electrons. The third kappa shape index (κ3) is 2.01. The molecule has 3 nitrogen and oxygen atoms in total. The lowest BCUT2D eigenvalue weighted by molar-refractivity contribution is 0.432. The monoisotopic (exact) mass is 268 g/mol. The molecule has 0 saturated carbocycles. The zero-order valence-corrected chi connectivity index (χ0v) is 10.4. The Kier molecular flexibility index (Phi) is 2.90. The Morgan fingerprint density at radius 3 is 2.60 bits per heavy atom. The average Bonchev–Trinajstić information content (AvgIpc) is 2.84. The summed E-state index contributed by atoms with van der Waals surface area (Å²) in [5, 5.41) is 19.5. The number of phenols is 2. The van der Waals surface area contributed by atoms with Gasteiger partial charge in [0.2, 0.25) is 0 Å². The standard InChI is InChI=1S/C15H10BFO3/c16-7-10-4-11(18)3-9-6-14(20-15(9)10)8-1-2-13(19)12(17)5-8/h1-6,18-19H,7H2. The first-order valence-corrected chi connectivity index (χ1v) is 6.03. The van der Waals surface area contributed by atoms with Gasteiger partial charge in [0.15, 0.2) is 11.6 Å². The van der Waals surface area contributed by atoms with Gasteiger partial charge < -0.3 is 14.6 Å². The van der Waals surface area contributed by atoms with E-state index in [0.717, 1.165) is 0 Å². The van der Waals surface area contributed by atoms with E-state index >= 15 is 0 Å². The molecule has 2 N–H and O–H groups in total. The fourth-order valence-electron chi connectivity index (χ4n) is 2.16. The molecule has 0 unspecified atom stereocenters. The zero-order valence-electron chi connectivity index (χ0n) is 10.4. The van der Waals surface area contributed by atoms with E-state index in [-0.39, 0.29) is 12.1 Å². The van der Waals surface area contributed by atoms with Crippen molar-refractivity contribution < 1.29 is 19.0 Å². The number of aromatic hydroxyl groups is 2. The van der Waals surface area contributed by atoms with Crippen molar-refractivity contribution in [1.82, 2.24) is 0 Å². The molecule has 0 amide bonds. The smallest absolute Gasteiger partial charge is 0.165 e. The van der Waals surface area contributed by atoms with Crippen LogP contribution in [0.3, 0.4) is 0 Å². The normalized spacial score (nSPS) is 11.1. The van der Waals surface area contributed by atoms with Gasteiger partial charge in [0.05, 0.1) is 7.85 Å². The maximum Gasteiger partial charge on any atom is 0.165 e. The molecule has 0 bridgehead atoms. The Morgan fingerprint density at radius 2 is 1.90 bits per heavy atom. The summed E-state index contributed by atoms with van der Waals surface area (Å²) in [5.41, 5.74) is 1.73. The van der Waals surface area contributed by atoms with Crippen molar-refractivity contribution in [2.45, 2.75) is 6.32 Å². The van der Waals surface area contributed by atoms with Gasteiger partial charge >= 0.3 is 0 Å². The van der Waals surface area contributed by atoms with Gasteiger partial charge in [-0.3, -0.25) is 0 Å². The van der Waals surface area contributed by atoms with Crippen LogP contribution < -0.4 is 0 Å². The minimum atomic E-state index is -0.718. The number of phenolic OH excluding ortho intramolecular Hbond substituents is 2. The summed E-state index contributed by atoms with van der Waals surface area (Å²) >= 11 is 0. The van der Waals surface area contributed by atoms with Crippen molar-refractivity contribution in [2.75, 3.05) is 0 Å². The first-order chi connectivity index (χ1) is 9.58. The van der Waals surface area contributed by atoms with Crippen molar-refractivity contribution in [3.63, 3.8) is 0 Å². The summed E-state index contributed by atoms with van der Waals surface area (Å²) in [6.07, 6.45) is 0.224. The first-order valence-electron chi connectivity index (χ1n) is 6.03. The molecule has 0 aliphatic heterocycles. The van der Waals surface area contributed by atoms with Crippen molar-refractivity contribution in [2.24, 2.45) is 0 Å². The van der Waals surface area contributed by atoms with Crippen LogP contribution in [0, 0.1) is 5.82 Å². The molecule has 0 atom stereocenters. The predicted octanol–water partition coefficient (Wildman–Crippen LogP) is 3.32. The molecule has 20 heavy (non-hydrogen) atoms. The van der Waals surface area contributed by atoms with Gasteiger partial charge in [0, 0.05) is 10.9 Å². The van der Waals surface area contributed by atoms with Gasteiger partial charge in [-0.25, -0.2) is 4.39 Å². The minimum Gasteiger partial charge on any atom is -0.508 e. The van der Waals surface area contributed by atoms with Crippen molar-refractivity contribution in [3.05, 3.63) is 47.8 Å². The quantitative estimate of drug-likeness (QED) is 0.701. The summed E-state index contributed by atoms with van der Waals surface area (Å²) in [6, 6.07) is 8.79. The third-order valence-electron chi connectivity index (χ3n) is 3.13. The first kappa shape index (κ1) is 12.6. The van der Waals surface area contributed by atoms with Crippen molar-refractivity contribution in [3.8, 4) is 22.8 Å². The molecule has 1 aromatic heterocycles. The SMILES string of the molecule is [B]Cc1cc(O)cc2cc(-c3ccc(O)c(F)c3)oc12. The number of halogens is 1. The molecule has 0 aliphatic carbocycles. The molecule has 1 heterocycles. The van der Waals surface area contributed by atoms with Crippen LogP contribution in [0.5, 0.6) is 11.5 Å². The molecule has 0 fully saturated rings. The second kappa shape index (κ2) is 4.60. The third-order valence-corrected chi connectivity index (χ3v) is 3.13. The van der Waals surface area contributed by atoms with Crippen LogP contribution in [0.15, 0.2) is 40.8 Å². The summed E-state index contributed by atoms with van der Waals surface area (Å²) in [5.74, 6) is -0.587. The van der Waals surface area contributed by atoms with E-state index < -0.39 is 11.6 Å². The van der Waals surface area contributed by atoms with Crippen LogP contribution >= 0.6 is 0 Å². The highest BCUT2D eigenvalue weighted by molar-refractivity contribution is 6.09. The molecule has 3 aromatic rings.